The smallest absolute Gasteiger partial charge is 0.368 e. The SMILES string of the molecule is NC(=O)C1CCCN1C(=O)Cc1ccccc1C(F)(F)F. The topological polar surface area (TPSA) is 63.4 Å². The van der Waals surface area contributed by atoms with E-state index in [-0.39, 0.29) is 12.0 Å². The average Bonchev–Trinajstić information content (AvgIpc) is 2.87. The number of nitrogens with zero attached hydrogens (tertiary/aromatic N) is 1. The molecule has 1 unspecified atom stereocenters. The Kier molecular flexibility index (Phi) is 4.20. The lowest BCUT2D eigenvalue weighted by atomic mass is 10.0. The largest absolute Gasteiger partial charge is 0.416 e. The molecule has 4 nitrogen and oxygen atoms in total. The van der Waals surface area contributed by atoms with Crippen molar-refractivity contribution in [3.8, 4) is 0 Å². The number of primary amides is 1. The van der Waals surface area contributed by atoms with E-state index in [1.807, 2.05) is 0 Å². The van der Waals surface area contributed by atoms with Crippen LogP contribution in [0, 0.1) is 0 Å². The van der Waals surface area contributed by atoms with Gasteiger partial charge >= 0.3 is 6.18 Å². The number of halogens is 3. The monoisotopic (exact) mass is 300 g/mol. The van der Waals surface area contributed by atoms with E-state index in [0.29, 0.717) is 19.4 Å². The van der Waals surface area contributed by atoms with Crippen LogP contribution in [0.4, 0.5) is 13.2 Å². The zero-order chi connectivity index (χ0) is 15.6. The summed E-state index contributed by atoms with van der Waals surface area (Å²) >= 11 is 0. The molecule has 0 saturated carbocycles. The van der Waals surface area contributed by atoms with E-state index >= 15 is 0 Å². The van der Waals surface area contributed by atoms with Crippen LogP contribution in [0.25, 0.3) is 0 Å². The summed E-state index contributed by atoms with van der Waals surface area (Å²) < 4.78 is 38.6. The van der Waals surface area contributed by atoms with Crippen molar-refractivity contribution < 1.29 is 22.8 Å². The van der Waals surface area contributed by atoms with Crippen molar-refractivity contribution in [2.45, 2.75) is 31.5 Å². The maximum absolute atomic E-state index is 12.9. The number of hydrogen-bond donors (Lipinski definition) is 1. The molecular weight excluding hydrogens is 285 g/mol. The third-order valence-corrected chi connectivity index (χ3v) is 3.57. The minimum Gasteiger partial charge on any atom is -0.368 e. The first kappa shape index (κ1) is 15.3. The van der Waals surface area contributed by atoms with Crippen LogP contribution in [0.15, 0.2) is 24.3 Å². The molecule has 21 heavy (non-hydrogen) atoms. The van der Waals surface area contributed by atoms with Crippen LogP contribution in [0.1, 0.15) is 24.0 Å². The summed E-state index contributed by atoms with van der Waals surface area (Å²) in [5.41, 5.74) is 4.29. The highest BCUT2D eigenvalue weighted by Crippen LogP contribution is 2.32. The number of rotatable bonds is 3. The van der Waals surface area contributed by atoms with Crippen LogP contribution in [0.2, 0.25) is 0 Å². The molecule has 1 aromatic rings. The van der Waals surface area contributed by atoms with Crippen molar-refractivity contribution >= 4 is 11.8 Å². The van der Waals surface area contributed by atoms with E-state index in [2.05, 4.69) is 0 Å². The van der Waals surface area contributed by atoms with Gasteiger partial charge in [0.15, 0.2) is 0 Å². The number of amides is 2. The molecule has 1 aliphatic heterocycles. The van der Waals surface area contributed by atoms with Gasteiger partial charge in [-0.2, -0.15) is 13.2 Å². The Bertz CT molecular complexity index is 557. The molecule has 0 bridgehead atoms. The number of benzene rings is 1. The predicted octanol–water partition coefficient (Wildman–Crippen LogP) is 1.72. The molecule has 0 aromatic heterocycles. The van der Waals surface area contributed by atoms with Crippen molar-refractivity contribution in [1.82, 2.24) is 4.90 Å². The molecule has 1 aromatic carbocycles. The number of carbonyl (C=O) groups is 2. The van der Waals surface area contributed by atoms with Gasteiger partial charge in [0.25, 0.3) is 0 Å². The molecule has 1 heterocycles. The van der Waals surface area contributed by atoms with E-state index in [0.717, 1.165) is 6.07 Å². The Morgan fingerprint density at radius 3 is 2.57 bits per heavy atom. The maximum atomic E-state index is 12.9. The minimum atomic E-state index is -4.51. The Morgan fingerprint density at radius 1 is 1.29 bits per heavy atom. The fraction of sp³-hybridized carbons (Fsp3) is 0.429. The summed E-state index contributed by atoms with van der Waals surface area (Å²) in [6.07, 6.45) is -3.81. The third-order valence-electron chi connectivity index (χ3n) is 3.57. The number of hydrogen-bond acceptors (Lipinski definition) is 2. The first-order valence-electron chi connectivity index (χ1n) is 6.54. The molecule has 0 spiro atoms. The molecule has 1 atom stereocenters. The van der Waals surface area contributed by atoms with Crippen LogP contribution >= 0.6 is 0 Å². The molecule has 2 rings (SSSR count). The van der Waals surface area contributed by atoms with Crippen molar-refractivity contribution in [3.05, 3.63) is 35.4 Å². The molecular formula is C14H15F3N2O2. The van der Waals surface area contributed by atoms with Gasteiger partial charge in [0.05, 0.1) is 12.0 Å². The van der Waals surface area contributed by atoms with Crippen molar-refractivity contribution in [3.63, 3.8) is 0 Å². The van der Waals surface area contributed by atoms with Crippen LogP contribution in [-0.4, -0.2) is 29.3 Å². The quantitative estimate of drug-likeness (QED) is 0.924. The van der Waals surface area contributed by atoms with E-state index < -0.39 is 29.6 Å². The molecule has 2 N–H and O–H groups in total. The third kappa shape index (κ3) is 3.34. The van der Waals surface area contributed by atoms with Crippen LogP contribution in [-0.2, 0) is 22.2 Å². The van der Waals surface area contributed by atoms with Gasteiger partial charge in [0, 0.05) is 6.54 Å². The summed E-state index contributed by atoms with van der Waals surface area (Å²) in [7, 11) is 0. The number of alkyl halides is 3. The van der Waals surface area contributed by atoms with E-state index in [1.54, 1.807) is 0 Å². The lowest BCUT2D eigenvalue weighted by Crippen LogP contribution is -2.44. The summed E-state index contributed by atoms with van der Waals surface area (Å²) in [5, 5.41) is 0. The number of nitrogens with two attached hydrogens (primary N) is 1. The summed E-state index contributed by atoms with van der Waals surface area (Å²) in [6.45, 7) is 0.348. The zero-order valence-corrected chi connectivity index (χ0v) is 11.2. The molecule has 114 valence electrons. The van der Waals surface area contributed by atoms with Crippen LogP contribution < -0.4 is 5.73 Å². The van der Waals surface area contributed by atoms with Gasteiger partial charge in [-0.1, -0.05) is 18.2 Å². The van der Waals surface area contributed by atoms with Crippen molar-refractivity contribution in [2.75, 3.05) is 6.54 Å². The summed E-state index contributed by atoms with van der Waals surface area (Å²) in [4.78, 5) is 24.7. The van der Waals surface area contributed by atoms with Crippen LogP contribution in [0.3, 0.4) is 0 Å². The van der Waals surface area contributed by atoms with Crippen molar-refractivity contribution in [1.29, 1.82) is 0 Å². The first-order valence-corrected chi connectivity index (χ1v) is 6.54. The Labute approximate surface area is 119 Å². The summed E-state index contributed by atoms with van der Waals surface area (Å²) in [5.74, 6) is -1.13. The molecule has 0 aliphatic carbocycles. The van der Waals surface area contributed by atoms with Crippen molar-refractivity contribution in [2.24, 2.45) is 5.73 Å². The van der Waals surface area contributed by atoms with Gasteiger partial charge in [-0.15, -0.1) is 0 Å². The second-order valence-electron chi connectivity index (χ2n) is 4.98. The second-order valence-corrected chi connectivity index (χ2v) is 4.98. The van der Waals surface area contributed by atoms with Gasteiger partial charge in [-0.3, -0.25) is 9.59 Å². The highest BCUT2D eigenvalue weighted by molar-refractivity contribution is 5.88. The number of carbonyl (C=O) groups excluding carboxylic acids is 2. The lowest BCUT2D eigenvalue weighted by Gasteiger charge is -2.23. The maximum Gasteiger partial charge on any atom is 0.416 e. The summed E-state index contributed by atoms with van der Waals surface area (Å²) in [6, 6.07) is 4.23. The molecule has 2 amide bonds. The Balaban J connectivity index is 2.19. The van der Waals surface area contributed by atoms with Gasteiger partial charge < -0.3 is 10.6 Å². The van der Waals surface area contributed by atoms with E-state index in [4.69, 9.17) is 5.73 Å². The zero-order valence-electron chi connectivity index (χ0n) is 11.2. The van der Waals surface area contributed by atoms with Gasteiger partial charge in [0.2, 0.25) is 11.8 Å². The molecule has 7 heteroatoms. The van der Waals surface area contributed by atoms with Gasteiger partial charge in [-0.25, -0.2) is 0 Å². The molecule has 1 saturated heterocycles. The Morgan fingerprint density at radius 2 is 1.95 bits per heavy atom. The normalized spacial score (nSPS) is 18.8. The lowest BCUT2D eigenvalue weighted by molar-refractivity contribution is -0.140. The molecule has 0 radical (unpaired) electrons. The van der Waals surface area contributed by atoms with E-state index in [1.165, 1.54) is 23.1 Å². The number of likely N-dealkylation sites (tertiary alicyclic amines) is 1. The second kappa shape index (κ2) is 5.75. The van der Waals surface area contributed by atoms with E-state index in [9.17, 15) is 22.8 Å². The standard InChI is InChI=1S/C14H15F3N2O2/c15-14(16,17)10-5-2-1-4-9(10)8-12(20)19-7-3-6-11(19)13(18)21/h1-2,4-5,11H,3,6-8H2,(H2,18,21). The van der Waals surface area contributed by atoms with Gasteiger partial charge in [0.1, 0.15) is 6.04 Å². The fourth-order valence-corrected chi connectivity index (χ4v) is 2.58. The fourth-order valence-electron chi connectivity index (χ4n) is 2.58. The molecule has 1 fully saturated rings. The molecule has 1 aliphatic rings. The highest BCUT2D eigenvalue weighted by Gasteiger charge is 2.36. The predicted molar refractivity (Wildman–Crippen MR) is 69.1 cm³/mol. The Hall–Kier alpha value is -2.05. The highest BCUT2D eigenvalue weighted by atomic mass is 19.4. The minimum absolute atomic E-state index is 0.0925. The average molecular weight is 300 g/mol. The van der Waals surface area contributed by atoms with Gasteiger partial charge in [-0.05, 0) is 24.5 Å². The first-order chi connectivity index (χ1) is 9.80. The van der Waals surface area contributed by atoms with Crippen LogP contribution in [0.5, 0.6) is 0 Å².